The van der Waals surface area contributed by atoms with Gasteiger partial charge in [0.1, 0.15) is 5.82 Å². The lowest BCUT2D eigenvalue weighted by Crippen LogP contribution is -2.25. The van der Waals surface area contributed by atoms with Crippen molar-refractivity contribution in [2.75, 3.05) is 0 Å². The summed E-state index contributed by atoms with van der Waals surface area (Å²) in [5.41, 5.74) is 5.57. The number of benzene rings is 1. The van der Waals surface area contributed by atoms with Gasteiger partial charge in [-0.25, -0.2) is 4.39 Å². The third-order valence-electron chi connectivity index (χ3n) is 1.77. The summed E-state index contributed by atoms with van der Waals surface area (Å²) in [6.45, 7) is 1.60. The third kappa shape index (κ3) is 2.40. The van der Waals surface area contributed by atoms with E-state index in [9.17, 15) is 9.50 Å². The van der Waals surface area contributed by atoms with Crippen LogP contribution in [0.1, 0.15) is 18.6 Å². The maximum absolute atomic E-state index is 13.1. The van der Waals surface area contributed by atoms with E-state index in [-0.39, 0.29) is 5.56 Å². The molecule has 0 aliphatic heterocycles. The van der Waals surface area contributed by atoms with E-state index in [2.05, 4.69) is 0 Å². The van der Waals surface area contributed by atoms with Crippen molar-refractivity contribution >= 4 is 11.6 Å². The summed E-state index contributed by atoms with van der Waals surface area (Å²) < 4.78 is 13.1. The first-order valence-corrected chi connectivity index (χ1v) is 4.28. The number of aliphatic hydroxyl groups excluding tert-OH is 1. The molecule has 0 aliphatic rings. The summed E-state index contributed by atoms with van der Waals surface area (Å²) in [5, 5.41) is 9.86. The minimum Gasteiger partial charge on any atom is -0.387 e. The minimum absolute atomic E-state index is 0.141. The molecule has 4 heteroatoms. The third-order valence-corrected chi connectivity index (χ3v) is 2.01. The number of hydrogen-bond acceptors (Lipinski definition) is 2. The number of rotatable bonds is 2. The molecule has 1 rings (SSSR count). The highest BCUT2D eigenvalue weighted by molar-refractivity contribution is 6.30. The molecule has 0 saturated heterocycles. The summed E-state index contributed by atoms with van der Waals surface area (Å²) in [6.07, 6.45) is -1.02. The van der Waals surface area contributed by atoms with Crippen molar-refractivity contribution in [1.29, 1.82) is 0 Å². The summed E-state index contributed by atoms with van der Waals surface area (Å²) in [4.78, 5) is 0. The van der Waals surface area contributed by atoms with E-state index in [1.165, 1.54) is 18.2 Å². The molecule has 0 amide bonds. The molecule has 1 aromatic rings. The number of nitrogens with two attached hydrogens (primary N) is 1. The van der Waals surface area contributed by atoms with Crippen LogP contribution in [-0.2, 0) is 0 Å². The fourth-order valence-electron chi connectivity index (χ4n) is 1.02. The smallest absolute Gasteiger partial charge is 0.129 e. The number of hydrogen-bond donors (Lipinski definition) is 2. The van der Waals surface area contributed by atoms with Crippen LogP contribution in [0, 0.1) is 5.82 Å². The number of halogens is 2. The van der Waals surface area contributed by atoms with Gasteiger partial charge in [0, 0.05) is 16.6 Å². The van der Waals surface area contributed by atoms with Gasteiger partial charge in [-0.05, 0) is 25.1 Å². The molecule has 0 spiro atoms. The van der Waals surface area contributed by atoms with Gasteiger partial charge in [-0.3, -0.25) is 0 Å². The molecule has 13 heavy (non-hydrogen) atoms. The molecule has 0 fully saturated rings. The molecule has 0 bridgehead atoms. The van der Waals surface area contributed by atoms with Crippen LogP contribution >= 0.6 is 11.6 Å². The van der Waals surface area contributed by atoms with Crippen molar-refractivity contribution in [2.45, 2.75) is 19.1 Å². The Morgan fingerprint density at radius 3 is 2.69 bits per heavy atom. The Bertz CT molecular complexity index is 304. The van der Waals surface area contributed by atoms with E-state index < -0.39 is 18.0 Å². The van der Waals surface area contributed by atoms with E-state index in [0.29, 0.717) is 5.02 Å². The van der Waals surface area contributed by atoms with E-state index >= 15 is 0 Å². The minimum atomic E-state index is -1.02. The highest BCUT2D eigenvalue weighted by Gasteiger charge is 2.16. The standard InChI is InChI=1S/C9H11ClFNO/c1-5(12)9(13)7-4-6(10)2-3-8(7)11/h2-5,9,13H,12H2,1H3/t5-,9-/m0/s1. The summed E-state index contributed by atoms with van der Waals surface area (Å²) in [6, 6.07) is 3.50. The second kappa shape index (κ2) is 4.05. The lowest BCUT2D eigenvalue weighted by Gasteiger charge is -2.15. The number of aliphatic hydroxyl groups is 1. The fourth-order valence-corrected chi connectivity index (χ4v) is 1.21. The van der Waals surface area contributed by atoms with Crippen LogP contribution in [0.15, 0.2) is 18.2 Å². The van der Waals surface area contributed by atoms with Crippen LogP contribution in [0.3, 0.4) is 0 Å². The second-order valence-corrected chi connectivity index (χ2v) is 3.41. The Morgan fingerprint density at radius 1 is 1.54 bits per heavy atom. The molecule has 72 valence electrons. The van der Waals surface area contributed by atoms with E-state index in [4.69, 9.17) is 17.3 Å². The van der Waals surface area contributed by atoms with Gasteiger partial charge < -0.3 is 10.8 Å². The summed E-state index contributed by atoms with van der Waals surface area (Å²) >= 11 is 5.65. The van der Waals surface area contributed by atoms with E-state index in [1.54, 1.807) is 6.92 Å². The predicted molar refractivity (Wildman–Crippen MR) is 50.0 cm³/mol. The van der Waals surface area contributed by atoms with E-state index in [0.717, 1.165) is 0 Å². The van der Waals surface area contributed by atoms with Crippen molar-refractivity contribution < 1.29 is 9.50 Å². The SMILES string of the molecule is C[C@H](N)[C@H](O)c1cc(Cl)ccc1F. The highest BCUT2D eigenvalue weighted by atomic mass is 35.5. The van der Waals surface area contributed by atoms with Crippen LogP contribution in [0.25, 0.3) is 0 Å². The zero-order chi connectivity index (χ0) is 10.0. The zero-order valence-electron chi connectivity index (χ0n) is 7.17. The molecule has 3 N–H and O–H groups in total. The fraction of sp³-hybridized carbons (Fsp3) is 0.333. The second-order valence-electron chi connectivity index (χ2n) is 2.97. The quantitative estimate of drug-likeness (QED) is 0.771. The highest BCUT2D eigenvalue weighted by Crippen LogP contribution is 2.22. The van der Waals surface area contributed by atoms with Crippen LogP contribution in [0.2, 0.25) is 5.02 Å². The molecular weight excluding hydrogens is 193 g/mol. The molecule has 0 aliphatic carbocycles. The molecule has 0 unspecified atom stereocenters. The topological polar surface area (TPSA) is 46.2 Å². The summed E-state index contributed by atoms with van der Waals surface area (Å²) in [5.74, 6) is -0.491. The van der Waals surface area contributed by atoms with Gasteiger partial charge in [-0.15, -0.1) is 0 Å². The lowest BCUT2D eigenvalue weighted by atomic mass is 10.0. The monoisotopic (exact) mass is 203 g/mol. The Morgan fingerprint density at radius 2 is 2.15 bits per heavy atom. The zero-order valence-corrected chi connectivity index (χ0v) is 7.92. The predicted octanol–water partition coefficient (Wildman–Crippen LogP) is 1.86. The van der Waals surface area contributed by atoms with Crippen molar-refractivity contribution in [3.05, 3.63) is 34.6 Å². The van der Waals surface area contributed by atoms with Gasteiger partial charge >= 0.3 is 0 Å². The van der Waals surface area contributed by atoms with E-state index in [1.807, 2.05) is 0 Å². The van der Waals surface area contributed by atoms with Crippen molar-refractivity contribution in [3.63, 3.8) is 0 Å². The molecule has 0 heterocycles. The van der Waals surface area contributed by atoms with Gasteiger partial charge in [0.15, 0.2) is 0 Å². The Labute approximate surface area is 81.1 Å². The first kappa shape index (κ1) is 10.4. The van der Waals surface area contributed by atoms with Crippen LogP contribution in [0.5, 0.6) is 0 Å². The molecule has 1 aromatic carbocycles. The van der Waals surface area contributed by atoms with Gasteiger partial charge in [-0.1, -0.05) is 11.6 Å². The van der Waals surface area contributed by atoms with Crippen molar-refractivity contribution in [3.8, 4) is 0 Å². The average molecular weight is 204 g/mol. The molecule has 2 nitrogen and oxygen atoms in total. The maximum atomic E-state index is 13.1. The van der Waals surface area contributed by atoms with Crippen LogP contribution in [-0.4, -0.2) is 11.1 Å². The van der Waals surface area contributed by atoms with Crippen LogP contribution in [0.4, 0.5) is 4.39 Å². The average Bonchev–Trinajstić information content (AvgIpc) is 2.08. The van der Waals surface area contributed by atoms with Gasteiger partial charge in [0.25, 0.3) is 0 Å². The van der Waals surface area contributed by atoms with Crippen molar-refractivity contribution in [1.82, 2.24) is 0 Å². The van der Waals surface area contributed by atoms with Gasteiger partial charge in [0.2, 0.25) is 0 Å². The molecule has 0 radical (unpaired) electrons. The first-order chi connectivity index (χ1) is 6.02. The van der Waals surface area contributed by atoms with Gasteiger partial charge in [0.05, 0.1) is 6.10 Å². The molecule has 0 aromatic heterocycles. The molecular formula is C9H11ClFNO. The Hall–Kier alpha value is -0.640. The molecule has 2 atom stereocenters. The summed E-state index contributed by atoms with van der Waals surface area (Å²) in [7, 11) is 0. The van der Waals surface area contributed by atoms with Crippen molar-refractivity contribution in [2.24, 2.45) is 5.73 Å². The normalized spacial score (nSPS) is 15.5. The van der Waals surface area contributed by atoms with Crippen LogP contribution < -0.4 is 5.73 Å². The Balaban J connectivity index is 3.05. The first-order valence-electron chi connectivity index (χ1n) is 3.91. The van der Waals surface area contributed by atoms with Gasteiger partial charge in [-0.2, -0.15) is 0 Å². The lowest BCUT2D eigenvalue weighted by molar-refractivity contribution is 0.149. The molecule has 0 saturated carbocycles. The Kier molecular flexibility index (Phi) is 3.25. The largest absolute Gasteiger partial charge is 0.387 e. The maximum Gasteiger partial charge on any atom is 0.129 e.